The summed E-state index contributed by atoms with van der Waals surface area (Å²) in [7, 11) is 0. The van der Waals surface area contributed by atoms with E-state index >= 15 is 0 Å². The normalized spacial score (nSPS) is 17.5. The van der Waals surface area contributed by atoms with Crippen molar-refractivity contribution in [3.8, 4) is 17.2 Å². The standard InChI is InChI=1S/C24H24ClIN2O2/c1-24(2,3)28-13-17-10-16-11-18(25)6-9-21(16)30-22(17)12-20-14-27-23(29-20)15-4-7-19(26)8-5-15/h4-9,11,13-14,22,28H,10,12H2,1-3H3. The molecule has 0 fully saturated rings. The summed E-state index contributed by atoms with van der Waals surface area (Å²) < 4.78 is 13.6. The van der Waals surface area contributed by atoms with Crippen molar-refractivity contribution in [3.63, 3.8) is 0 Å². The molecule has 156 valence electrons. The van der Waals surface area contributed by atoms with E-state index in [0.717, 1.165) is 39.7 Å². The van der Waals surface area contributed by atoms with Gasteiger partial charge in [-0.1, -0.05) is 11.6 Å². The number of nitrogens with one attached hydrogen (secondary N) is 1. The molecular weight excluding hydrogens is 511 g/mol. The van der Waals surface area contributed by atoms with Gasteiger partial charge in [-0.25, -0.2) is 4.98 Å². The van der Waals surface area contributed by atoms with Crippen molar-refractivity contribution in [1.29, 1.82) is 0 Å². The Morgan fingerprint density at radius 1 is 1.20 bits per heavy atom. The maximum absolute atomic E-state index is 6.34. The second kappa shape index (κ2) is 8.63. The molecule has 6 heteroatoms. The molecule has 30 heavy (non-hydrogen) atoms. The third-order valence-electron chi connectivity index (χ3n) is 4.82. The number of halogens is 2. The highest BCUT2D eigenvalue weighted by Crippen LogP contribution is 2.34. The Morgan fingerprint density at radius 2 is 1.97 bits per heavy atom. The Morgan fingerprint density at radius 3 is 2.70 bits per heavy atom. The number of nitrogens with zero attached hydrogens (tertiary/aromatic N) is 1. The smallest absolute Gasteiger partial charge is 0.226 e. The van der Waals surface area contributed by atoms with Crippen LogP contribution in [-0.2, 0) is 12.8 Å². The number of oxazole rings is 1. The number of benzene rings is 2. The van der Waals surface area contributed by atoms with Crippen LogP contribution in [0.25, 0.3) is 11.5 Å². The quantitative estimate of drug-likeness (QED) is 0.393. The Balaban J connectivity index is 1.59. The van der Waals surface area contributed by atoms with E-state index in [1.807, 2.05) is 42.5 Å². The van der Waals surface area contributed by atoms with Crippen molar-refractivity contribution >= 4 is 34.2 Å². The zero-order valence-electron chi connectivity index (χ0n) is 17.2. The molecule has 3 aromatic rings. The maximum atomic E-state index is 6.34. The number of aromatic nitrogens is 1. The lowest BCUT2D eigenvalue weighted by Crippen LogP contribution is -2.35. The molecule has 2 heterocycles. The van der Waals surface area contributed by atoms with Gasteiger partial charge in [-0.3, -0.25) is 0 Å². The number of hydrogen-bond donors (Lipinski definition) is 1. The summed E-state index contributed by atoms with van der Waals surface area (Å²) >= 11 is 8.48. The van der Waals surface area contributed by atoms with Gasteiger partial charge >= 0.3 is 0 Å². The van der Waals surface area contributed by atoms with Crippen LogP contribution in [0.1, 0.15) is 32.1 Å². The highest BCUT2D eigenvalue weighted by Gasteiger charge is 2.27. The largest absolute Gasteiger partial charge is 0.485 e. The summed E-state index contributed by atoms with van der Waals surface area (Å²) in [4.78, 5) is 4.47. The fraction of sp³-hybridized carbons (Fsp3) is 0.292. The molecule has 0 saturated heterocycles. The minimum atomic E-state index is -0.133. The molecule has 0 bridgehead atoms. The van der Waals surface area contributed by atoms with E-state index in [0.29, 0.717) is 12.3 Å². The Hall–Kier alpha value is -1.99. The van der Waals surface area contributed by atoms with Crippen LogP contribution in [0.3, 0.4) is 0 Å². The molecule has 1 N–H and O–H groups in total. The van der Waals surface area contributed by atoms with Crippen LogP contribution in [-0.4, -0.2) is 16.6 Å². The Kier molecular flexibility index (Phi) is 6.11. The van der Waals surface area contributed by atoms with Crippen LogP contribution >= 0.6 is 34.2 Å². The van der Waals surface area contributed by atoms with E-state index in [4.69, 9.17) is 20.8 Å². The molecule has 1 aliphatic rings. The van der Waals surface area contributed by atoms with E-state index in [-0.39, 0.29) is 11.6 Å². The average Bonchev–Trinajstić information content (AvgIpc) is 3.15. The van der Waals surface area contributed by atoms with E-state index < -0.39 is 0 Å². The molecule has 4 rings (SSSR count). The third-order valence-corrected chi connectivity index (χ3v) is 5.78. The Labute approximate surface area is 195 Å². The number of ether oxygens (including phenoxy) is 1. The van der Waals surface area contributed by atoms with Gasteiger partial charge in [0, 0.05) is 38.7 Å². The van der Waals surface area contributed by atoms with Gasteiger partial charge in [-0.2, -0.15) is 0 Å². The van der Waals surface area contributed by atoms with Crippen LogP contribution in [0.15, 0.2) is 64.9 Å². The van der Waals surface area contributed by atoms with E-state index in [1.54, 1.807) is 6.20 Å². The topological polar surface area (TPSA) is 47.3 Å². The molecule has 0 aliphatic carbocycles. The lowest BCUT2D eigenvalue weighted by Gasteiger charge is -2.30. The lowest BCUT2D eigenvalue weighted by atomic mass is 9.94. The monoisotopic (exact) mass is 534 g/mol. The first-order chi connectivity index (χ1) is 14.3. The first kappa shape index (κ1) is 21.2. The van der Waals surface area contributed by atoms with Crippen LogP contribution in [0.5, 0.6) is 5.75 Å². The summed E-state index contributed by atoms with van der Waals surface area (Å²) in [6.45, 7) is 6.41. The lowest BCUT2D eigenvalue weighted by molar-refractivity contribution is 0.211. The summed E-state index contributed by atoms with van der Waals surface area (Å²) in [6, 6.07) is 13.9. The molecule has 1 atom stereocenters. The zero-order valence-corrected chi connectivity index (χ0v) is 20.1. The average molecular weight is 535 g/mol. The molecule has 0 amide bonds. The van der Waals surface area contributed by atoms with Crippen molar-refractivity contribution in [2.24, 2.45) is 0 Å². The molecule has 1 aliphatic heterocycles. The highest BCUT2D eigenvalue weighted by molar-refractivity contribution is 14.1. The summed E-state index contributed by atoms with van der Waals surface area (Å²) in [5.41, 5.74) is 3.19. The number of fused-ring (bicyclic) bond motifs is 1. The van der Waals surface area contributed by atoms with Crippen LogP contribution in [0.4, 0.5) is 0 Å². The van der Waals surface area contributed by atoms with Crippen LogP contribution in [0.2, 0.25) is 5.02 Å². The van der Waals surface area contributed by atoms with Gasteiger partial charge in [0.1, 0.15) is 17.6 Å². The van der Waals surface area contributed by atoms with Gasteiger partial charge in [0.2, 0.25) is 5.89 Å². The second-order valence-electron chi connectivity index (χ2n) is 8.49. The van der Waals surface area contributed by atoms with Gasteiger partial charge < -0.3 is 14.5 Å². The summed E-state index contributed by atoms with van der Waals surface area (Å²) in [5, 5.41) is 4.19. The summed E-state index contributed by atoms with van der Waals surface area (Å²) in [6.07, 6.45) is 5.12. The first-order valence-corrected chi connectivity index (χ1v) is 11.3. The third kappa shape index (κ3) is 5.19. The van der Waals surface area contributed by atoms with Gasteiger partial charge in [-0.15, -0.1) is 0 Å². The number of hydrogen-bond acceptors (Lipinski definition) is 4. The Bertz CT molecular complexity index is 1070. The van der Waals surface area contributed by atoms with Crippen molar-refractivity contribution < 1.29 is 9.15 Å². The molecule has 4 nitrogen and oxygen atoms in total. The van der Waals surface area contributed by atoms with Crippen LogP contribution < -0.4 is 10.1 Å². The predicted octanol–water partition coefficient (Wildman–Crippen LogP) is 6.42. The fourth-order valence-electron chi connectivity index (χ4n) is 3.30. The molecular formula is C24H24ClIN2O2. The number of rotatable bonds is 4. The van der Waals surface area contributed by atoms with Crippen molar-refractivity contribution in [3.05, 3.63) is 80.4 Å². The highest BCUT2D eigenvalue weighted by atomic mass is 127. The molecule has 1 unspecified atom stereocenters. The first-order valence-electron chi connectivity index (χ1n) is 9.89. The van der Waals surface area contributed by atoms with Crippen molar-refractivity contribution in [1.82, 2.24) is 10.3 Å². The molecule has 0 spiro atoms. The van der Waals surface area contributed by atoms with Gasteiger partial charge in [0.15, 0.2) is 0 Å². The molecule has 0 saturated carbocycles. The van der Waals surface area contributed by atoms with Crippen molar-refractivity contribution in [2.75, 3.05) is 0 Å². The van der Waals surface area contributed by atoms with Crippen molar-refractivity contribution in [2.45, 2.75) is 45.3 Å². The SMILES string of the molecule is CC(C)(C)NC=C1Cc2cc(Cl)ccc2OC1Cc1cnc(-c2ccc(I)cc2)o1. The van der Waals surface area contributed by atoms with Gasteiger partial charge in [0.05, 0.1) is 6.20 Å². The molecule has 2 aromatic carbocycles. The minimum absolute atomic E-state index is 0.0314. The predicted molar refractivity (Wildman–Crippen MR) is 129 cm³/mol. The fourth-order valence-corrected chi connectivity index (χ4v) is 3.85. The molecule has 0 radical (unpaired) electrons. The van der Waals surface area contributed by atoms with Crippen LogP contribution in [0, 0.1) is 3.57 Å². The van der Waals surface area contributed by atoms with E-state index in [9.17, 15) is 0 Å². The van der Waals surface area contributed by atoms with E-state index in [2.05, 4.69) is 59.9 Å². The maximum Gasteiger partial charge on any atom is 0.226 e. The second-order valence-corrected chi connectivity index (χ2v) is 10.2. The molecule has 1 aromatic heterocycles. The summed E-state index contributed by atoms with van der Waals surface area (Å²) in [5.74, 6) is 2.30. The minimum Gasteiger partial charge on any atom is -0.485 e. The zero-order chi connectivity index (χ0) is 21.3. The van der Waals surface area contributed by atoms with Gasteiger partial charge in [-0.05, 0) is 97.0 Å². The van der Waals surface area contributed by atoms with Gasteiger partial charge in [0.25, 0.3) is 0 Å². The van der Waals surface area contributed by atoms with E-state index in [1.165, 1.54) is 3.57 Å².